The topological polar surface area (TPSA) is 68.6 Å². The van der Waals surface area contributed by atoms with E-state index in [-0.39, 0.29) is 18.1 Å². The number of hydrogen-bond acceptors (Lipinski definition) is 5. The standard InChI is InChI=1S/C24H26N4O3S/c1-30-18-9-5-8-17(16-18)27-14-6-11-20(27)23-22(19-10-3-4-13-25-19)26-24(32)28(23)15-7-12-21(29)31-2/h3-6,8-11,13-14,16,22-23H,7,12,15H2,1-2H3,(H,26,32). The van der Waals surface area contributed by atoms with Gasteiger partial charge < -0.3 is 24.3 Å². The van der Waals surface area contributed by atoms with Gasteiger partial charge in [0.15, 0.2) is 5.11 Å². The summed E-state index contributed by atoms with van der Waals surface area (Å²) in [6, 6.07) is 17.7. The Morgan fingerprint density at radius 2 is 2.03 bits per heavy atom. The van der Waals surface area contributed by atoms with Crippen molar-refractivity contribution in [3.05, 3.63) is 78.4 Å². The molecule has 1 fully saturated rings. The summed E-state index contributed by atoms with van der Waals surface area (Å²) in [6.45, 7) is 0.623. The zero-order valence-corrected chi connectivity index (χ0v) is 18.9. The molecule has 1 saturated heterocycles. The Morgan fingerprint density at radius 1 is 1.16 bits per heavy atom. The number of thiocarbonyl (C=S) groups is 1. The van der Waals surface area contributed by atoms with Crippen molar-refractivity contribution in [3.8, 4) is 11.4 Å². The van der Waals surface area contributed by atoms with Crippen molar-refractivity contribution in [2.75, 3.05) is 20.8 Å². The molecular formula is C24H26N4O3S. The predicted molar refractivity (Wildman–Crippen MR) is 126 cm³/mol. The third-order valence-electron chi connectivity index (χ3n) is 5.62. The summed E-state index contributed by atoms with van der Waals surface area (Å²) in [5.41, 5.74) is 2.98. The minimum Gasteiger partial charge on any atom is -0.497 e. The van der Waals surface area contributed by atoms with Crippen LogP contribution in [0.15, 0.2) is 67.0 Å². The molecule has 3 heterocycles. The highest BCUT2D eigenvalue weighted by Crippen LogP contribution is 2.39. The van der Waals surface area contributed by atoms with Gasteiger partial charge in [0.1, 0.15) is 5.75 Å². The molecule has 1 aliphatic rings. The lowest BCUT2D eigenvalue weighted by Crippen LogP contribution is -2.31. The zero-order valence-electron chi connectivity index (χ0n) is 18.1. The van der Waals surface area contributed by atoms with Gasteiger partial charge in [-0.15, -0.1) is 0 Å². The molecule has 166 valence electrons. The van der Waals surface area contributed by atoms with Gasteiger partial charge in [0, 0.05) is 42.8 Å². The van der Waals surface area contributed by atoms with Gasteiger partial charge in [0.2, 0.25) is 0 Å². The number of carbonyl (C=O) groups is 1. The van der Waals surface area contributed by atoms with Crippen molar-refractivity contribution in [1.29, 1.82) is 0 Å². The average Bonchev–Trinajstić information content (AvgIpc) is 3.44. The molecule has 0 saturated carbocycles. The van der Waals surface area contributed by atoms with Crippen LogP contribution in [0.25, 0.3) is 5.69 Å². The summed E-state index contributed by atoms with van der Waals surface area (Å²) in [5.74, 6) is 0.569. The van der Waals surface area contributed by atoms with E-state index < -0.39 is 0 Å². The molecule has 1 N–H and O–H groups in total. The van der Waals surface area contributed by atoms with E-state index in [1.165, 1.54) is 7.11 Å². The van der Waals surface area contributed by atoms with Crippen molar-refractivity contribution >= 4 is 23.3 Å². The Hall–Kier alpha value is -3.39. The maximum atomic E-state index is 11.6. The van der Waals surface area contributed by atoms with Crippen LogP contribution in [0.3, 0.4) is 0 Å². The quantitative estimate of drug-likeness (QED) is 0.413. The molecule has 0 bridgehead atoms. The Balaban J connectivity index is 1.72. The first kappa shape index (κ1) is 21.8. The molecule has 2 aromatic heterocycles. The van der Waals surface area contributed by atoms with Crippen molar-refractivity contribution in [2.24, 2.45) is 0 Å². The van der Waals surface area contributed by atoms with Crippen LogP contribution >= 0.6 is 12.2 Å². The molecule has 3 aromatic rings. The predicted octanol–water partition coefficient (Wildman–Crippen LogP) is 3.81. The molecule has 2 atom stereocenters. The fraction of sp³-hybridized carbons (Fsp3) is 0.292. The van der Waals surface area contributed by atoms with Crippen LogP contribution in [0.2, 0.25) is 0 Å². The van der Waals surface area contributed by atoms with E-state index in [0.717, 1.165) is 22.8 Å². The van der Waals surface area contributed by atoms with Crippen LogP contribution in [0, 0.1) is 0 Å². The van der Waals surface area contributed by atoms with E-state index in [9.17, 15) is 4.79 Å². The highest BCUT2D eigenvalue weighted by atomic mass is 32.1. The molecule has 1 aromatic carbocycles. The van der Waals surface area contributed by atoms with Gasteiger partial charge >= 0.3 is 5.97 Å². The number of benzene rings is 1. The van der Waals surface area contributed by atoms with Crippen LogP contribution in [-0.4, -0.2) is 46.3 Å². The Morgan fingerprint density at radius 3 is 2.78 bits per heavy atom. The first-order chi connectivity index (χ1) is 15.6. The van der Waals surface area contributed by atoms with Crippen molar-refractivity contribution in [3.63, 3.8) is 0 Å². The van der Waals surface area contributed by atoms with E-state index in [0.29, 0.717) is 24.5 Å². The van der Waals surface area contributed by atoms with Gasteiger partial charge in [-0.1, -0.05) is 12.1 Å². The minimum atomic E-state index is -0.222. The smallest absolute Gasteiger partial charge is 0.305 e. The molecule has 0 amide bonds. The summed E-state index contributed by atoms with van der Waals surface area (Å²) in [7, 11) is 3.07. The van der Waals surface area contributed by atoms with E-state index in [1.807, 2.05) is 54.7 Å². The third-order valence-corrected chi connectivity index (χ3v) is 5.97. The molecule has 4 rings (SSSR count). The maximum Gasteiger partial charge on any atom is 0.305 e. The number of carbonyl (C=O) groups excluding carboxylic acids is 1. The largest absolute Gasteiger partial charge is 0.497 e. The number of pyridine rings is 1. The highest BCUT2D eigenvalue weighted by Gasteiger charge is 2.41. The third kappa shape index (κ3) is 4.45. The number of hydrogen-bond donors (Lipinski definition) is 1. The molecule has 8 heteroatoms. The van der Waals surface area contributed by atoms with Crippen molar-refractivity contribution in [1.82, 2.24) is 19.8 Å². The molecule has 1 aliphatic heterocycles. The number of ether oxygens (including phenoxy) is 2. The summed E-state index contributed by atoms with van der Waals surface area (Å²) in [6.07, 6.45) is 4.80. The minimum absolute atomic E-state index is 0.101. The molecule has 32 heavy (non-hydrogen) atoms. The SMILES string of the molecule is COC(=O)CCCN1C(=S)NC(c2ccccn2)C1c1cccn1-c1cccc(OC)c1. The zero-order chi connectivity index (χ0) is 22.5. The van der Waals surface area contributed by atoms with E-state index in [4.69, 9.17) is 21.7 Å². The first-order valence-electron chi connectivity index (χ1n) is 10.5. The fourth-order valence-electron chi connectivity index (χ4n) is 4.09. The monoisotopic (exact) mass is 450 g/mol. The summed E-state index contributed by atoms with van der Waals surface area (Å²) in [5, 5.41) is 4.10. The number of nitrogens with one attached hydrogen (secondary N) is 1. The lowest BCUT2D eigenvalue weighted by molar-refractivity contribution is -0.140. The van der Waals surface area contributed by atoms with E-state index in [2.05, 4.69) is 25.8 Å². The second kappa shape index (κ2) is 9.82. The fourth-order valence-corrected chi connectivity index (χ4v) is 4.43. The van der Waals surface area contributed by atoms with E-state index in [1.54, 1.807) is 13.3 Å². The van der Waals surface area contributed by atoms with Gasteiger partial charge in [-0.25, -0.2) is 0 Å². The molecular weight excluding hydrogens is 424 g/mol. The second-order valence-corrected chi connectivity index (χ2v) is 7.89. The molecule has 7 nitrogen and oxygen atoms in total. The van der Waals surface area contributed by atoms with Gasteiger partial charge in [-0.2, -0.15) is 0 Å². The van der Waals surface area contributed by atoms with Gasteiger partial charge in [0.05, 0.1) is 32.0 Å². The summed E-state index contributed by atoms with van der Waals surface area (Å²) < 4.78 is 12.4. The number of rotatable bonds is 8. The normalized spacial score (nSPS) is 17.8. The van der Waals surface area contributed by atoms with Crippen LogP contribution in [0.1, 0.15) is 36.3 Å². The number of nitrogens with zero attached hydrogens (tertiary/aromatic N) is 3. The van der Waals surface area contributed by atoms with Crippen molar-refractivity contribution < 1.29 is 14.3 Å². The van der Waals surface area contributed by atoms with Crippen LogP contribution in [-0.2, 0) is 9.53 Å². The molecule has 0 aliphatic carbocycles. The lowest BCUT2D eigenvalue weighted by atomic mass is 10.0. The van der Waals surface area contributed by atoms with Crippen LogP contribution in [0.5, 0.6) is 5.75 Å². The van der Waals surface area contributed by atoms with Crippen LogP contribution in [0.4, 0.5) is 0 Å². The summed E-state index contributed by atoms with van der Waals surface area (Å²) >= 11 is 5.72. The Kier molecular flexibility index (Phi) is 6.70. The maximum absolute atomic E-state index is 11.6. The number of esters is 1. The average molecular weight is 451 g/mol. The lowest BCUT2D eigenvalue weighted by Gasteiger charge is -2.29. The van der Waals surface area contributed by atoms with Crippen molar-refractivity contribution in [2.45, 2.75) is 24.9 Å². The van der Waals surface area contributed by atoms with E-state index >= 15 is 0 Å². The van der Waals surface area contributed by atoms with Gasteiger partial charge in [-0.05, 0) is 55.0 Å². The number of methoxy groups -OCH3 is 2. The van der Waals surface area contributed by atoms with Gasteiger partial charge in [-0.3, -0.25) is 9.78 Å². The molecule has 0 spiro atoms. The van der Waals surface area contributed by atoms with Gasteiger partial charge in [0.25, 0.3) is 0 Å². The summed E-state index contributed by atoms with van der Waals surface area (Å²) in [4.78, 5) is 18.4. The first-order valence-corrected chi connectivity index (χ1v) is 10.9. The second-order valence-electron chi connectivity index (χ2n) is 7.50. The molecule has 2 unspecified atom stereocenters. The van der Waals surface area contributed by atoms with Crippen LogP contribution < -0.4 is 10.1 Å². The Labute approximate surface area is 193 Å². The Bertz CT molecular complexity index is 1090. The molecule has 0 radical (unpaired) electrons. The highest BCUT2D eigenvalue weighted by molar-refractivity contribution is 7.80. The number of aromatic nitrogens is 2.